The van der Waals surface area contributed by atoms with Gasteiger partial charge in [0.1, 0.15) is 0 Å². The molecule has 4 nitrogen and oxygen atoms in total. The first-order valence-corrected chi connectivity index (χ1v) is 8.99. The number of hydrogen-bond acceptors (Lipinski definition) is 5. The van der Waals surface area contributed by atoms with Crippen LogP contribution < -0.4 is 9.64 Å². The van der Waals surface area contributed by atoms with Gasteiger partial charge in [-0.15, -0.1) is 0 Å². The van der Waals surface area contributed by atoms with Crippen LogP contribution in [0.4, 0.5) is 11.4 Å². The lowest BCUT2D eigenvalue weighted by atomic mass is 10.2. The minimum Gasteiger partial charge on any atom is -0.504 e. The maximum absolute atomic E-state index is 10.1. The lowest BCUT2D eigenvalue weighted by molar-refractivity contribution is 0.372. The Bertz CT molecular complexity index is 752. The molecule has 3 rings (SSSR count). The fourth-order valence-electron chi connectivity index (χ4n) is 2.82. The second-order valence-electron chi connectivity index (χ2n) is 6.01. The molecule has 0 bridgehead atoms. The van der Waals surface area contributed by atoms with Crippen molar-refractivity contribution in [2.24, 2.45) is 0 Å². The van der Waals surface area contributed by atoms with Crippen molar-refractivity contribution < 1.29 is 9.84 Å². The van der Waals surface area contributed by atoms with Crippen molar-refractivity contribution in [2.75, 3.05) is 39.2 Å². The zero-order valence-corrected chi connectivity index (χ0v) is 15.6. The van der Waals surface area contributed by atoms with Crippen molar-refractivity contribution in [3.63, 3.8) is 0 Å². The largest absolute Gasteiger partial charge is 0.504 e. The molecule has 1 heterocycles. The number of fused-ring (bicyclic) bond motifs is 2. The number of halogens is 1. The van der Waals surface area contributed by atoms with Gasteiger partial charge in [-0.2, -0.15) is 0 Å². The zero-order valence-electron chi connectivity index (χ0n) is 14.0. The number of ether oxygens (including phenoxy) is 1. The average molecular weight is 365 g/mol. The van der Waals surface area contributed by atoms with E-state index in [1.54, 1.807) is 24.9 Å². The molecule has 2 aromatic carbocycles. The van der Waals surface area contributed by atoms with E-state index in [-0.39, 0.29) is 5.75 Å². The zero-order chi connectivity index (χ0) is 17.3. The highest BCUT2D eigenvalue weighted by Gasteiger charge is 2.25. The molecule has 1 N–H and O–H groups in total. The number of benzene rings is 2. The molecular formula is C18H21ClN2O2S. The Morgan fingerprint density at radius 3 is 2.62 bits per heavy atom. The molecular weight excluding hydrogens is 344 g/mol. The Morgan fingerprint density at radius 2 is 1.92 bits per heavy atom. The summed E-state index contributed by atoms with van der Waals surface area (Å²) < 4.78 is 5.29. The summed E-state index contributed by atoms with van der Waals surface area (Å²) in [7, 11) is 5.72. The van der Waals surface area contributed by atoms with Crippen LogP contribution in [0.25, 0.3) is 0 Å². The highest BCUT2D eigenvalue weighted by molar-refractivity contribution is 7.99. The Labute approximate surface area is 152 Å². The van der Waals surface area contributed by atoms with Crippen LogP contribution in [-0.2, 0) is 0 Å². The van der Waals surface area contributed by atoms with Gasteiger partial charge in [-0.3, -0.25) is 0 Å². The molecule has 0 saturated heterocycles. The van der Waals surface area contributed by atoms with Crippen LogP contribution >= 0.6 is 23.4 Å². The standard InChI is InChI=1S/C18H21ClN2O2S/c1-20(2)7-4-8-21-13-9-12(19)5-6-17(13)24-18-11-15(22)16(23-3)10-14(18)21/h5-6,9-11,22H,4,7-8H2,1-3H3. The predicted molar refractivity (Wildman–Crippen MR) is 100 cm³/mol. The third-order valence-corrected chi connectivity index (χ3v) is 5.32. The fourth-order valence-corrected chi connectivity index (χ4v) is 4.07. The van der Waals surface area contributed by atoms with Gasteiger partial charge in [-0.1, -0.05) is 23.4 Å². The molecule has 0 aliphatic carbocycles. The van der Waals surface area contributed by atoms with Gasteiger partial charge in [0.2, 0.25) is 0 Å². The monoisotopic (exact) mass is 364 g/mol. The molecule has 0 fully saturated rings. The molecule has 0 spiro atoms. The number of hydrogen-bond donors (Lipinski definition) is 1. The summed E-state index contributed by atoms with van der Waals surface area (Å²) in [4.78, 5) is 6.60. The summed E-state index contributed by atoms with van der Waals surface area (Å²) in [5.41, 5.74) is 2.15. The molecule has 1 aliphatic heterocycles. The quantitative estimate of drug-likeness (QED) is 0.838. The van der Waals surface area contributed by atoms with E-state index in [0.29, 0.717) is 5.75 Å². The molecule has 128 valence electrons. The van der Waals surface area contributed by atoms with Crippen molar-refractivity contribution in [3.8, 4) is 11.5 Å². The maximum Gasteiger partial charge on any atom is 0.162 e. The van der Waals surface area contributed by atoms with Crippen LogP contribution in [0.1, 0.15) is 6.42 Å². The van der Waals surface area contributed by atoms with Crippen molar-refractivity contribution >= 4 is 34.7 Å². The summed E-state index contributed by atoms with van der Waals surface area (Å²) >= 11 is 7.87. The van der Waals surface area contributed by atoms with E-state index < -0.39 is 0 Å². The molecule has 6 heteroatoms. The topological polar surface area (TPSA) is 35.9 Å². The minimum absolute atomic E-state index is 0.161. The Morgan fingerprint density at radius 1 is 1.17 bits per heavy atom. The highest BCUT2D eigenvalue weighted by atomic mass is 35.5. The molecule has 0 amide bonds. The van der Waals surface area contributed by atoms with Crippen molar-refractivity contribution in [3.05, 3.63) is 35.4 Å². The van der Waals surface area contributed by atoms with Gasteiger partial charge in [0.05, 0.1) is 18.5 Å². The molecule has 1 aliphatic rings. The van der Waals surface area contributed by atoms with Crippen molar-refractivity contribution in [1.29, 1.82) is 0 Å². The van der Waals surface area contributed by atoms with Crippen molar-refractivity contribution in [1.82, 2.24) is 4.90 Å². The van der Waals surface area contributed by atoms with Crippen LogP contribution in [-0.4, -0.2) is 44.3 Å². The van der Waals surface area contributed by atoms with E-state index in [1.165, 1.54) is 0 Å². The third kappa shape index (κ3) is 3.43. The second-order valence-corrected chi connectivity index (χ2v) is 7.53. The Kier molecular flexibility index (Phi) is 5.13. The van der Waals surface area contributed by atoms with Crippen LogP contribution in [0.3, 0.4) is 0 Å². The number of nitrogens with zero attached hydrogens (tertiary/aromatic N) is 2. The first-order chi connectivity index (χ1) is 11.5. The lowest BCUT2D eigenvalue weighted by Crippen LogP contribution is -2.25. The smallest absolute Gasteiger partial charge is 0.162 e. The van der Waals surface area contributed by atoms with Crippen LogP contribution in [0, 0.1) is 0 Å². The molecule has 0 atom stereocenters. The van der Waals surface area contributed by atoms with Gasteiger partial charge in [-0.05, 0) is 51.3 Å². The van der Waals surface area contributed by atoms with Crippen molar-refractivity contribution in [2.45, 2.75) is 16.2 Å². The van der Waals surface area contributed by atoms with E-state index >= 15 is 0 Å². The van der Waals surface area contributed by atoms with Gasteiger partial charge in [0.15, 0.2) is 11.5 Å². The van der Waals surface area contributed by atoms with E-state index in [2.05, 4.69) is 23.9 Å². The van der Waals surface area contributed by atoms with E-state index in [0.717, 1.165) is 45.7 Å². The summed E-state index contributed by atoms with van der Waals surface area (Å²) in [5, 5.41) is 10.8. The van der Waals surface area contributed by atoms with Gasteiger partial charge >= 0.3 is 0 Å². The first kappa shape index (κ1) is 17.3. The molecule has 0 radical (unpaired) electrons. The number of rotatable bonds is 5. The van der Waals surface area contributed by atoms with Gasteiger partial charge in [0.25, 0.3) is 0 Å². The SMILES string of the molecule is COc1cc2c(cc1O)Sc1ccc(Cl)cc1N2CCCN(C)C. The van der Waals surface area contributed by atoms with Crippen LogP contribution in [0.15, 0.2) is 40.1 Å². The maximum atomic E-state index is 10.1. The van der Waals surface area contributed by atoms with E-state index in [1.807, 2.05) is 24.3 Å². The molecule has 0 saturated carbocycles. The van der Waals surface area contributed by atoms with Crippen LogP contribution in [0.2, 0.25) is 5.02 Å². The summed E-state index contributed by atoms with van der Waals surface area (Å²) in [5.74, 6) is 0.645. The molecule has 0 aromatic heterocycles. The number of aromatic hydroxyl groups is 1. The third-order valence-electron chi connectivity index (χ3n) is 3.97. The molecule has 24 heavy (non-hydrogen) atoms. The van der Waals surface area contributed by atoms with E-state index in [9.17, 15) is 5.11 Å². The summed E-state index contributed by atoms with van der Waals surface area (Å²) in [6, 6.07) is 9.61. The van der Waals surface area contributed by atoms with Gasteiger partial charge in [0, 0.05) is 27.4 Å². The first-order valence-electron chi connectivity index (χ1n) is 7.80. The number of methoxy groups -OCH3 is 1. The number of anilines is 2. The van der Waals surface area contributed by atoms with Gasteiger partial charge < -0.3 is 19.6 Å². The van der Waals surface area contributed by atoms with Crippen LogP contribution in [0.5, 0.6) is 11.5 Å². The summed E-state index contributed by atoms with van der Waals surface area (Å²) in [6.45, 7) is 1.87. The lowest BCUT2D eigenvalue weighted by Gasteiger charge is -2.33. The highest BCUT2D eigenvalue weighted by Crippen LogP contribution is 2.51. The van der Waals surface area contributed by atoms with E-state index in [4.69, 9.17) is 16.3 Å². The Balaban J connectivity index is 2.02. The number of phenols is 1. The summed E-state index contributed by atoms with van der Waals surface area (Å²) in [6.07, 6.45) is 1.02. The fraction of sp³-hybridized carbons (Fsp3) is 0.333. The molecule has 0 unspecified atom stereocenters. The second kappa shape index (κ2) is 7.13. The normalized spacial score (nSPS) is 13.0. The Hall–Kier alpha value is -1.56. The van der Waals surface area contributed by atoms with Gasteiger partial charge in [-0.25, -0.2) is 0 Å². The molecule has 2 aromatic rings. The average Bonchev–Trinajstić information content (AvgIpc) is 2.54. The minimum atomic E-state index is 0.161. The number of phenolic OH excluding ortho intramolecular Hbond substituents is 1. The predicted octanol–water partition coefficient (Wildman–Crippen LogP) is 4.61.